The van der Waals surface area contributed by atoms with Crippen molar-refractivity contribution in [3.05, 3.63) is 35.4 Å². The third-order valence-electron chi connectivity index (χ3n) is 4.34. The Morgan fingerprint density at radius 3 is 2.22 bits per heavy atom. The molecule has 0 aliphatic heterocycles. The second kappa shape index (κ2) is 7.16. The van der Waals surface area contributed by atoms with E-state index < -0.39 is 12.1 Å². The van der Waals surface area contributed by atoms with Crippen LogP contribution in [0.3, 0.4) is 0 Å². The van der Waals surface area contributed by atoms with Crippen LogP contribution >= 0.6 is 0 Å². The van der Waals surface area contributed by atoms with E-state index in [1.54, 1.807) is 19.1 Å². The number of nitrogens with one attached hydrogen (secondary N) is 1. The van der Waals surface area contributed by atoms with Gasteiger partial charge in [-0.25, -0.2) is 4.79 Å². The number of hydrogen-bond donors (Lipinski definition) is 1. The average molecular weight is 317 g/mol. The molecule has 1 aliphatic carbocycles. The molecule has 1 atom stereocenters. The Hall–Kier alpha value is -1.84. The summed E-state index contributed by atoms with van der Waals surface area (Å²) in [7, 11) is 0. The first-order valence-electron chi connectivity index (χ1n) is 8.39. The van der Waals surface area contributed by atoms with Crippen LogP contribution < -0.4 is 5.32 Å². The van der Waals surface area contributed by atoms with Crippen molar-refractivity contribution in [2.45, 2.75) is 70.9 Å². The lowest BCUT2D eigenvalue weighted by Gasteiger charge is -2.19. The van der Waals surface area contributed by atoms with Crippen LogP contribution in [-0.4, -0.2) is 24.0 Å². The van der Waals surface area contributed by atoms with E-state index >= 15 is 0 Å². The summed E-state index contributed by atoms with van der Waals surface area (Å²) in [6.07, 6.45) is 3.56. The number of carbonyl (C=O) groups excluding carboxylic acids is 2. The summed E-state index contributed by atoms with van der Waals surface area (Å²) in [5.74, 6) is -0.670. The van der Waals surface area contributed by atoms with Gasteiger partial charge in [0.05, 0.1) is 5.56 Å². The molecule has 0 saturated heterocycles. The van der Waals surface area contributed by atoms with Crippen molar-refractivity contribution in [1.82, 2.24) is 5.32 Å². The lowest BCUT2D eigenvalue weighted by molar-refractivity contribution is -0.129. The van der Waals surface area contributed by atoms with Crippen molar-refractivity contribution in [3.63, 3.8) is 0 Å². The molecule has 4 nitrogen and oxygen atoms in total. The molecular weight excluding hydrogens is 290 g/mol. The Balaban J connectivity index is 1.91. The molecule has 126 valence electrons. The normalized spacial score (nSPS) is 16.9. The van der Waals surface area contributed by atoms with Crippen LogP contribution in [0.5, 0.6) is 0 Å². The molecule has 1 aliphatic rings. The fourth-order valence-electron chi connectivity index (χ4n) is 2.78. The van der Waals surface area contributed by atoms with Gasteiger partial charge in [-0.05, 0) is 42.9 Å². The van der Waals surface area contributed by atoms with E-state index in [2.05, 4.69) is 26.1 Å². The largest absolute Gasteiger partial charge is 0.449 e. The van der Waals surface area contributed by atoms with Gasteiger partial charge in [-0.3, -0.25) is 4.79 Å². The van der Waals surface area contributed by atoms with Gasteiger partial charge in [-0.1, -0.05) is 45.7 Å². The summed E-state index contributed by atoms with van der Waals surface area (Å²) in [6.45, 7) is 7.98. The van der Waals surface area contributed by atoms with Crippen molar-refractivity contribution in [1.29, 1.82) is 0 Å². The molecule has 1 saturated carbocycles. The summed E-state index contributed by atoms with van der Waals surface area (Å²) in [4.78, 5) is 24.2. The van der Waals surface area contributed by atoms with Crippen LogP contribution in [0.4, 0.5) is 0 Å². The third-order valence-corrected chi connectivity index (χ3v) is 4.34. The molecule has 1 amide bonds. The number of hydrogen-bond acceptors (Lipinski definition) is 3. The highest BCUT2D eigenvalue weighted by Gasteiger charge is 2.23. The second-order valence-corrected chi connectivity index (χ2v) is 7.36. The van der Waals surface area contributed by atoms with E-state index in [-0.39, 0.29) is 17.4 Å². The molecule has 1 aromatic carbocycles. The maximum Gasteiger partial charge on any atom is 0.338 e. The minimum absolute atomic E-state index is 0.0386. The summed E-state index contributed by atoms with van der Waals surface area (Å²) in [5.41, 5.74) is 1.66. The van der Waals surface area contributed by atoms with Crippen molar-refractivity contribution in [2.75, 3.05) is 0 Å². The van der Waals surface area contributed by atoms with Gasteiger partial charge in [-0.2, -0.15) is 0 Å². The maximum absolute atomic E-state index is 12.2. The summed E-state index contributed by atoms with van der Waals surface area (Å²) in [6, 6.07) is 7.60. The molecule has 1 unspecified atom stereocenters. The number of rotatable bonds is 4. The molecule has 0 spiro atoms. The fourth-order valence-corrected chi connectivity index (χ4v) is 2.78. The number of esters is 1. The molecular formula is C19H27NO3. The van der Waals surface area contributed by atoms with Crippen molar-refractivity contribution in [3.8, 4) is 0 Å². The quantitative estimate of drug-likeness (QED) is 0.863. The van der Waals surface area contributed by atoms with E-state index in [1.807, 2.05) is 12.1 Å². The van der Waals surface area contributed by atoms with E-state index in [9.17, 15) is 9.59 Å². The van der Waals surface area contributed by atoms with Gasteiger partial charge in [-0.15, -0.1) is 0 Å². The first kappa shape index (κ1) is 17.5. The van der Waals surface area contributed by atoms with Crippen LogP contribution in [0.25, 0.3) is 0 Å². The van der Waals surface area contributed by atoms with Crippen LogP contribution in [-0.2, 0) is 14.9 Å². The number of carbonyl (C=O) groups is 2. The van der Waals surface area contributed by atoms with Gasteiger partial charge in [0, 0.05) is 6.04 Å². The molecule has 4 heteroatoms. The van der Waals surface area contributed by atoms with E-state index in [4.69, 9.17) is 4.74 Å². The lowest BCUT2D eigenvalue weighted by Crippen LogP contribution is -2.40. The maximum atomic E-state index is 12.2. The SMILES string of the molecule is CC(OC(=O)c1ccc(C(C)(C)C)cc1)C(=O)NC1CCCC1. The third kappa shape index (κ3) is 4.81. The number of benzene rings is 1. The van der Waals surface area contributed by atoms with E-state index in [0.29, 0.717) is 5.56 Å². The molecule has 0 aromatic heterocycles. The van der Waals surface area contributed by atoms with Gasteiger partial charge in [0.15, 0.2) is 6.10 Å². The Bertz CT molecular complexity index is 551. The lowest BCUT2D eigenvalue weighted by atomic mass is 9.87. The van der Waals surface area contributed by atoms with Gasteiger partial charge >= 0.3 is 5.97 Å². The molecule has 0 heterocycles. The first-order chi connectivity index (χ1) is 10.8. The second-order valence-electron chi connectivity index (χ2n) is 7.36. The highest BCUT2D eigenvalue weighted by atomic mass is 16.5. The van der Waals surface area contributed by atoms with Gasteiger partial charge in [0.1, 0.15) is 0 Å². The Kier molecular flexibility index (Phi) is 5.45. The minimum atomic E-state index is -0.773. The summed E-state index contributed by atoms with van der Waals surface area (Å²) < 4.78 is 5.28. The zero-order valence-corrected chi connectivity index (χ0v) is 14.5. The standard InChI is InChI=1S/C19H27NO3/c1-13(17(21)20-16-7-5-6-8-16)23-18(22)14-9-11-15(12-10-14)19(2,3)4/h9-13,16H,5-8H2,1-4H3,(H,20,21). The van der Waals surface area contributed by atoms with Crippen LogP contribution in [0, 0.1) is 0 Å². The topological polar surface area (TPSA) is 55.4 Å². The van der Waals surface area contributed by atoms with E-state index in [0.717, 1.165) is 31.2 Å². The van der Waals surface area contributed by atoms with Crippen molar-refractivity contribution in [2.24, 2.45) is 0 Å². The molecule has 0 bridgehead atoms. The molecule has 1 N–H and O–H groups in total. The summed E-state index contributed by atoms with van der Waals surface area (Å²) >= 11 is 0. The zero-order valence-electron chi connectivity index (χ0n) is 14.5. The molecule has 0 radical (unpaired) electrons. The van der Waals surface area contributed by atoms with E-state index in [1.165, 1.54) is 0 Å². The number of ether oxygens (including phenoxy) is 1. The Labute approximate surface area is 138 Å². The van der Waals surface area contributed by atoms with Gasteiger partial charge in [0.2, 0.25) is 0 Å². The zero-order chi connectivity index (χ0) is 17.0. The first-order valence-corrected chi connectivity index (χ1v) is 8.39. The Morgan fingerprint density at radius 2 is 1.70 bits per heavy atom. The molecule has 1 aromatic rings. The van der Waals surface area contributed by atoms with Crippen LogP contribution in [0.1, 0.15) is 69.3 Å². The molecule has 23 heavy (non-hydrogen) atoms. The highest BCUT2D eigenvalue weighted by Crippen LogP contribution is 2.22. The van der Waals surface area contributed by atoms with Crippen molar-refractivity contribution < 1.29 is 14.3 Å². The summed E-state index contributed by atoms with van der Waals surface area (Å²) in [5, 5.41) is 2.95. The molecule has 2 rings (SSSR count). The Morgan fingerprint density at radius 1 is 1.13 bits per heavy atom. The predicted molar refractivity (Wildman–Crippen MR) is 90.4 cm³/mol. The predicted octanol–water partition coefficient (Wildman–Crippen LogP) is 3.59. The highest BCUT2D eigenvalue weighted by molar-refractivity contribution is 5.92. The number of amides is 1. The fraction of sp³-hybridized carbons (Fsp3) is 0.579. The molecule has 1 fully saturated rings. The monoisotopic (exact) mass is 317 g/mol. The van der Waals surface area contributed by atoms with Gasteiger partial charge < -0.3 is 10.1 Å². The van der Waals surface area contributed by atoms with Crippen LogP contribution in [0.15, 0.2) is 24.3 Å². The smallest absolute Gasteiger partial charge is 0.338 e. The minimum Gasteiger partial charge on any atom is -0.449 e. The van der Waals surface area contributed by atoms with Crippen molar-refractivity contribution >= 4 is 11.9 Å². The average Bonchev–Trinajstić information content (AvgIpc) is 2.99. The van der Waals surface area contributed by atoms with Gasteiger partial charge in [0.25, 0.3) is 5.91 Å². The van der Waals surface area contributed by atoms with Crippen LogP contribution in [0.2, 0.25) is 0 Å².